The van der Waals surface area contributed by atoms with Crippen molar-refractivity contribution in [3.8, 4) is 11.4 Å². The van der Waals surface area contributed by atoms with Crippen LogP contribution in [0.1, 0.15) is 26.3 Å². The maximum absolute atomic E-state index is 4.81. The zero-order chi connectivity index (χ0) is 18.6. The second-order valence-corrected chi connectivity index (χ2v) is 8.23. The van der Waals surface area contributed by atoms with E-state index in [1.54, 1.807) is 0 Å². The summed E-state index contributed by atoms with van der Waals surface area (Å²) < 4.78 is 2.27. The topological polar surface area (TPSA) is 17.3 Å². The lowest BCUT2D eigenvalue weighted by Crippen LogP contribution is -2.12. The van der Waals surface area contributed by atoms with Gasteiger partial charge >= 0.3 is 0 Å². The number of fused-ring (bicyclic) bond motifs is 4. The van der Waals surface area contributed by atoms with Gasteiger partial charge in [-0.05, 0) is 51.4 Å². The number of rotatable bonds is 1. The molecule has 0 unspecified atom stereocenters. The molecule has 0 saturated heterocycles. The molecule has 0 spiro atoms. The highest BCUT2D eigenvalue weighted by molar-refractivity contribution is 5.92. The summed E-state index contributed by atoms with van der Waals surface area (Å²) in [5.41, 5.74) is 4.88. The number of aromatic nitrogens is 2. The van der Waals surface area contributed by atoms with E-state index in [2.05, 4.69) is 98.0 Å². The standard InChI is InChI=1S/C25H22N2/c1-25(2,3)22-15-19(14-18-9-4-6-10-21(18)22)24-26-16-20-13-12-17-8-5-7-11-23(17)27(20)24/h4-16H,1-3H3. The van der Waals surface area contributed by atoms with Crippen molar-refractivity contribution < 1.29 is 0 Å². The molecular formula is C25H22N2. The van der Waals surface area contributed by atoms with Crippen LogP contribution in [0.2, 0.25) is 0 Å². The Morgan fingerprint density at radius 1 is 0.778 bits per heavy atom. The molecule has 5 rings (SSSR count). The number of hydrogen-bond acceptors (Lipinski definition) is 1. The Bertz CT molecular complexity index is 1300. The van der Waals surface area contributed by atoms with Gasteiger partial charge in [0.15, 0.2) is 0 Å². The Kier molecular flexibility index (Phi) is 3.38. The van der Waals surface area contributed by atoms with Gasteiger partial charge in [-0.2, -0.15) is 0 Å². The second kappa shape index (κ2) is 5.68. The predicted molar refractivity (Wildman–Crippen MR) is 114 cm³/mol. The molecule has 0 saturated carbocycles. The molecule has 132 valence electrons. The summed E-state index contributed by atoms with van der Waals surface area (Å²) in [5, 5.41) is 3.80. The fourth-order valence-electron chi connectivity index (χ4n) is 4.01. The molecule has 2 heteroatoms. The van der Waals surface area contributed by atoms with Gasteiger partial charge in [0, 0.05) is 5.56 Å². The molecule has 2 aromatic heterocycles. The molecule has 0 atom stereocenters. The van der Waals surface area contributed by atoms with Crippen molar-refractivity contribution in [3.05, 3.63) is 84.6 Å². The van der Waals surface area contributed by atoms with Crippen molar-refractivity contribution in [1.82, 2.24) is 9.38 Å². The first kappa shape index (κ1) is 16.1. The molecule has 2 nitrogen and oxygen atoms in total. The van der Waals surface area contributed by atoms with Crippen LogP contribution in [0.25, 0.3) is 38.6 Å². The number of para-hydroxylation sites is 1. The van der Waals surface area contributed by atoms with Crippen LogP contribution in [0.4, 0.5) is 0 Å². The van der Waals surface area contributed by atoms with Gasteiger partial charge in [-0.3, -0.25) is 4.40 Å². The zero-order valence-electron chi connectivity index (χ0n) is 15.9. The quantitative estimate of drug-likeness (QED) is 0.333. The first-order chi connectivity index (χ1) is 13.0. The third-order valence-corrected chi connectivity index (χ3v) is 5.33. The van der Waals surface area contributed by atoms with Gasteiger partial charge in [-0.1, -0.05) is 69.3 Å². The van der Waals surface area contributed by atoms with Crippen molar-refractivity contribution >= 4 is 27.2 Å². The lowest BCUT2D eigenvalue weighted by Gasteiger charge is -2.22. The van der Waals surface area contributed by atoms with Crippen LogP contribution in [-0.4, -0.2) is 9.38 Å². The summed E-state index contributed by atoms with van der Waals surface area (Å²) in [4.78, 5) is 4.81. The molecule has 0 bridgehead atoms. The Labute approximate surface area is 159 Å². The normalized spacial score (nSPS) is 12.3. The average Bonchev–Trinajstić information content (AvgIpc) is 3.11. The van der Waals surface area contributed by atoms with Crippen LogP contribution in [-0.2, 0) is 5.41 Å². The molecule has 0 aliphatic rings. The summed E-state index contributed by atoms with van der Waals surface area (Å²) in [6.07, 6.45) is 1.97. The van der Waals surface area contributed by atoms with Gasteiger partial charge in [-0.15, -0.1) is 0 Å². The first-order valence-corrected chi connectivity index (χ1v) is 9.41. The highest BCUT2D eigenvalue weighted by Gasteiger charge is 2.19. The summed E-state index contributed by atoms with van der Waals surface area (Å²) in [5.74, 6) is 0.998. The van der Waals surface area contributed by atoms with Gasteiger partial charge in [0.25, 0.3) is 0 Å². The highest BCUT2D eigenvalue weighted by Crippen LogP contribution is 2.35. The molecule has 27 heavy (non-hydrogen) atoms. The van der Waals surface area contributed by atoms with Crippen molar-refractivity contribution in [3.63, 3.8) is 0 Å². The van der Waals surface area contributed by atoms with Crippen molar-refractivity contribution in [1.29, 1.82) is 0 Å². The average molecular weight is 350 g/mol. The summed E-state index contributed by atoms with van der Waals surface area (Å²) in [6, 6.07) is 26.0. The van der Waals surface area contributed by atoms with Crippen LogP contribution >= 0.6 is 0 Å². The SMILES string of the molecule is CC(C)(C)c1cc(-c2ncc3ccc4ccccc4n23)cc2ccccc12. The number of pyridine rings is 1. The van der Waals surface area contributed by atoms with Crippen LogP contribution < -0.4 is 0 Å². The number of hydrogen-bond donors (Lipinski definition) is 0. The Morgan fingerprint density at radius 2 is 1.52 bits per heavy atom. The fourth-order valence-corrected chi connectivity index (χ4v) is 4.01. The summed E-state index contributed by atoms with van der Waals surface area (Å²) >= 11 is 0. The number of benzene rings is 3. The minimum absolute atomic E-state index is 0.0603. The lowest BCUT2D eigenvalue weighted by atomic mass is 9.82. The fraction of sp³-hybridized carbons (Fsp3) is 0.160. The van der Waals surface area contributed by atoms with E-state index in [-0.39, 0.29) is 5.41 Å². The Morgan fingerprint density at radius 3 is 2.33 bits per heavy atom. The van der Waals surface area contributed by atoms with Gasteiger partial charge in [0.1, 0.15) is 5.82 Å². The number of imidazole rings is 1. The van der Waals surface area contributed by atoms with Gasteiger partial charge in [-0.25, -0.2) is 4.98 Å². The maximum Gasteiger partial charge on any atom is 0.145 e. The monoisotopic (exact) mass is 350 g/mol. The van der Waals surface area contributed by atoms with E-state index in [0.717, 1.165) is 16.9 Å². The molecule has 0 aliphatic carbocycles. The second-order valence-electron chi connectivity index (χ2n) is 8.23. The van der Waals surface area contributed by atoms with E-state index in [9.17, 15) is 0 Å². The summed E-state index contributed by atoms with van der Waals surface area (Å²) in [6.45, 7) is 6.83. The molecule has 0 amide bonds. The Hall–Kier alpha value is -3.13. The van der Waals surface area contributed by atoms with E-state index in [0.29, 0.717) is 0 Å². The maximum atomic E-state index is 4.81. The largest absolute Gasteiger partial charge is 0.292 e. The van der Waals surface area contributed by atoms with Crippen LogP contribution in [0.3, 0.4) is 0 Å². The first-order valence-electron chi connectivity index (χ1n) is 9.41. The Balaban J connectivity index is 1.88. The van der Waals surface area contributed by atoms with E-state index >= 15 is 0 Å². The van der Waals surface area contributed by atoms with Gasteiger partial charge in [0.2, 0.25) is 0 Å². The molecule has 0 aliphatic heterocycles. The lowest BCUT2D eigenvalue weighted by molar-refractivity contribution is 0.596. The van der Waals surface area contributed by atoms with Gasteiger partial charge < -0.3 is 0 Å². The highest BCUT2D eigenvalue weighted by atomic mass is 15.0. The summed E-state index contributed by atoms with van der Waals surface area (Å²) in [7, 11) is 0. The number of nitrogens with zero attached hydrogens (tertiary/aromatic N) is 2. The minimum Gasteiger partial charge on any atom is -0.292 e. The van der Waals surface area contributed by atoms with E-state index in [1.165, 1.54) is 27.2 Å². The van der Waals surface area contributed by atoms with Crippen molar-refractivity contribution in [2.75, 3.05) is 0 Å². The van der Waals surface area contributed by atoms with Crippen molar-refractivity contribution in [2.24, 2.45) is 0 Å². The zero-order valence-corrected chi connectivity index (χ0v) is 15.9. The smallest absolute Gasteiger partial charge is 0.145 e. The molecule has 0 fully saturated rings. The molecule has 3 aromatic carbocycles. The molecule has 5 aromatic rings. The third-order valence-electron chi connectivity index (χ3n) is 5.33. The van der Waals surface area contributed by atoms with Crippen LogP contribution in [0.15, 0.2) is 79.0 Å². The predicted octanol–water partition coefficient (Wildman–Crippen LogP) is 6.61. The van der Waals surface area contributed by atoms with E-state index < -0.39 is 0 Å². The molecule has 0 N–H and O–H groups in total. The van der Waals surface area contributed by atoms with E-state index in [1.807, 2.05) is 6.20 Å². The van der Waals surface area contributed by atoms with Gasteiger partial charge in [0.05, 0.1) is 17.2 Å². The molecule has 2 heterocycles. The van der Waals surface area contributed by atoms with Crippen molar-refractivity contribution in [2.45, 2.75) is 26.2 Å². The third kappa shape index (κ3) is 2.52. The molecule has 0 radical (unpaired) electrons. The minimum atomic E-state index is 0.0603. The van der Waals surface area contributed by atoms with Crippen LogP contribution in [0.5, 0.6) is 0 Å². The molecular weight excluding hydrogens is 328 g/mol. The van der Waals surface area contributed by atoms with Crippen LogP contribution in [0, 0.1) is 0 Å². The van der Waals surface area contributed by atoms with E-state index in [4.69, 9.17) is 4.98 Å².